The van der Waals surface area contributed by atoms with Crippen molar-refractivity contribution >= 4 is 17.5 Å². The molecule has 6 nitrogen and oxygen atoms in total. The van der Waals surface area contributed by atoms with Gasteiger partial charge in [-0.15, -0.1) is 0 Å². The van der Waals surface area contributed by atoms with Crippen molar-refractivity contribution in [2.24, 2.45) is 11.8 Å². The topological polar surface area (TPSA) is 73.5 Å². The van der Waals surface area contributed by atoms with Gasteiger partial charge in [-0.25, -0.2) is 9.82 Å². The number of anilines is 1. The maximum Gasteiger partial charge on any atom is 0.241 e. The van der Waals surface area contributed by atoms with E-state index >= 15 is 0 Å². The van der Waals surface area contributed by atoms with E-state index in [9.17, 15) is 14.0 Å². The summed E-state index contributed by atoms with van der Waals surface area (Å²) < 4.78 is 13.5. The number of rotatable bonds is 5. The minimum atomic E-state index is -0.278. The van der Waals surface area contributed by atoms with Crippen molar-refractivity contribution in [1.29, 1.82) is 0 Å². The van der Waals surface area contributed by atoms with Gasteiger partial charge in [-0.2, -0.15) is 0 Å². The van der Waals surface area contributed by atoms with Gasteiger partial charge >= 0.3 is 0 Å². The van der Waals surface area contributed by atoms with Crippen LogP contribution in [0.2, 0.25) is 0 Å². The van der Waals surface area contributed by atoms with Crippen molar-refractivity contribution in [2.75, 3.05) is 18.4 Å². The number of halogens is 1. The van der Waals surface area contributed by atoms with Gasteiger partial charge in [0.15, 0.2) is 0 Å². The van der Waals surface area contributed by atoms with Gasteiger partial charge in [0.1, 0.15) is 11.9 Å². The zero-order chi connectivity index (χ0) is 22.7. The smallest absolute Gasteiger partial charge is 0.241 e. The van der Waals surface area contributed by atoms with E-state index in [1.165, 1.54) is 12.1 Å². The SMILES string of the molecule is CCC1NNC(C(=O)N2CCCC(C(=O)Nc3ccc(-c4cccc(F)c4)cc3)C2)C1C. The average Bonchev–Trinajstić information content (AvgIpc) is 3.19. The second-order valence-electron chi connectivity index (χ2n) is 8.84. The molecule has 0 spiro atoms. The van der Waals surface area contributed by atoms with Gasteiger partial charge < -0.3 is 10.2 Å². The number of nitrogens with one attached hydrogen (secondary N) is 3. The summed E-state index contributed by atoms with van der Waals surface area (Å²) in [6.07, 6.45) is 2.54. The Morgan fingerprint density at radius 3 is 2.59 bits per heavy atom. The number of carbonyl (C=O) groups is 2. The van der Waals surface area contributed by atoms with Gasteiger partial charge in [0, 0.05) is 24.8 Å². The summed E-state index contributed by atoms with van der Waals surface area (Å²) in [5.41, 5.74) is 8.73. The number of hydrogen-bond donors (Lipinski definition) is 3. The van der Waals surface area contributed by atoms with Crippen LogP contribution >= 0.6 is 0 Å². The average molecular weight is 439 g/mol. The zero-order valence-corrected chi connectivity index (χ0v) is 18.6. The Labute approximate surface area is 188 Å². The zero-order valence-electron chi connectivity index (χ0n) is 18.6. The van der Waals surface area contributed by atoms with Crippen LogP contribution in [0.4, 0.5) is 10.1 Å². The van der Waals surface area contributed by atoms with Gasteiger partial charge in [-0.3, -0.25) is 15.0 Å². The second kappa shape index (κ2) is 9.79. The lowest BCUT2D eigenvalue weighted by Crippen LogP contribution is -2.51. The monoisotopic (exact) mass is 438 g/mol. The van der Waals surface area contributed by atoms with Crippen molar-refractivity contribution < 1.29 is 14.0 Å². The molecule has 3 N–H and O–H groups in total. The van der Waals surface area contributed by atoms with Crippen LogP contribution in [0.1, 0.15) is 33.1 Å². The first-order valence-electron chi connectivity index (χ1n) is 11.4. The predicted molar refractivity (Wildman–Crippen MR) is 123 cm³/mol. The first-order valence-corrected chi connectivity index (χ1v) is 11.4. The van der Waals surface area contributed by atoms with Gasteiger partial charge in [0.05, 0.1) is 5.92 Å². The molecule has 0 saturated carbocycles. The number of piperidine rings is 1. The summed E-state index contributed by atoms with van der Waals surface area (Å²) in [5, 5.41) is 2.98. The van der Waals surface area contributed by atoms with Crippen LogP contribution in [0, 0.1) is 17.7 Å². The third-order valence-corrected chi connectivity index (χ3v) is 6.70. The summed E-state index contributed by atoms with van der Waals surface area (Å²) in [4.78, 5) is 27.8. The van der Waals surface area contributed by atoms with E-state index in [1.54, 1.807) is 6.07 Å². The number of carbonyl (C=O) groups excluding carboxylic acids is 2. The molecule has 0 bridgehead atoms. The fourth-order valence-electron chi connectivity index (χ4n) is 4.70. The van der Waals surface area contributed by atoms with Crippen molar-refractivity contribution in [2.45, 2.75) is 45.2 Å². The molecule has 4 unspecified atom stereocenters. The molecule has 2 saturated heterocycles. The molecule has 0 aliphatic carbocycles. The highest BCUT2D eigenvalue weighted by molar-refractivity contribution is 5.93. The van der Waals surface area contributed by atoms with E-state index in [0.717, 1.165) is 30.4 Å². The molecule has 2 aromatic carbocycles. The van der Waals surface area contributed by atoms with Crippen molar-refractivity contribution in [1.82, 2.24) is 15.8 Å². The van der Waals surface area contributed by atoms with Crippen LogP contribution in [0.15, 0.2) is 48.5 Å². The van der Waals surface area contributed by atoms with E-state index in [2.05, 4.69) is 30.0 Å². The minimum Gasteiger partial charge on any atom is -0.340 e. The standard InChI is InChI=1S/C25H31FN4O2/c1-3-22-16(2)23(29-28-22)25(32)30-13-5-7-19(15-30)24(31)27-21-11-9-17(10-12-21)18-6-4-8-20(26)14-18/h4,6,8-12,14,16,19,22-23,28-29H,3,5,7,13,15H2,1-2H3,(H,27,31). The Kier molecular flexibility index (Phi) is 6.86. The lowest BCUT2D eigenvalue weighted by molar-refractivity contribution is -0.137. The van der Waals surface area contributed by atoms with Gasteiger partial charge in [0.2, 0.25) is 11.8 Å². The highest BCUT2D eigenvalue weighted by Gasteiger charge is 2.39. The summed E-state index contributed by atoms with van der Waals surface area (Å²) >= 11 is 0. The Bertz CT molecular complexity index is 965. The van der Waals surface area contributed by atoms with Crippen molar-refractivity contribution in [3.05, 3.63) is 54.3 Å². The molecular formula is C25H31FN4O2. The summed E-state index contributed by atoms with van der Waals surface area (Å²) in [6.45, 7) is 5.32. The number of likely N-dealkylation sites (tertiary alicyclic amines) is 1. The Balaban J connectivity index is 1.36. The first-order chi connectivity index (χ1) is 15.5. The maximum absolute atomic E-state index is 13.5. The molecule has 2 amide bonds. The molecule has 4 rings (SSSR count). The first kappa shape index (κ1) is 22.4. The van der Waals surface area contributed by atoms with E-state index in [1.807, 2.05) is 35.2 Å². The molecule has 170 valence electrons. The summed E-state index contributed by atoms with van der Waals surface area (Å²) in [5.74, 6) is -0.309. The quantitative estimate of drug-likeness (QED) is 0.668. The largest absolute Gasteiger partial charge is 0.340 e. The van der Waals surface area contributed by atoms with Crippen LogP contribution < -0.4 is 16.2 Å². The van der Waals surface area contributed by atoms with E-state index < -0.39 is 0 Å². The normalized spacial score (nSPS) is 25.5. The summed E-state index contributed by atoms with van der Waals surface area (Å²) in [6, 6.07) is 13.8. The molecule has 2 aromatic rings. The third-order valence-electron chi connectivity index (χ3n) is 6.70. The van der Waals surface area contributed by atoms with E-state index in [4.69, 9.17) is 0 Å². The molecule has 2 heterocycles. The highest BCUT2D eigenvalue weighted by atomic mass is 19.1. The lowest BCUT2D eigenvalue weighted by atomic mass is 9.92. The van der Waals surface area contributed by atoms with Crippen LogP contribution in [0.3, 0.4) is 0 Å². The minimum absolute atomic E-state index is 0.0675. The van der Waals surface area contributed by atoms with E-state index in [0.29, 0.717) is 18.8 Å². The number of benzene rings is 2. The Morgan fingerprint density at radius 1 is 1.12 bits per heavy atom. The predicted octanol–water partition coefficient (Wildman–Crippen LogP) is 3.56. The molecular weight excluding hydrogens is 407 g/mol. The van der Waals surface area contributed by atoms with Gasteiger partial charge in [0.25, 0.3) is 0 Å². The molecule has 0 radical (unpaired) electrons. The number of nitrogens with zero attached hydrogens (tertiary/aromatic N) is 1. The highest BCUT2D eigenvalue weighted by Crippen LogP contribution is 2.25. The molecule has 2 aliphatic rings. The van der Waals surface area contributed by atoms with Crippen LogP contribution in [-0.2, 0) is 9.59 Å². The maximum atomic E-state index is 13.5. The molecule has 2 aliphatic heterocycles. The molecule has 7 heteroatoms. The lowest BCUT2D eigenvalue weighted by Gasteiger charge is -2.34. The van der Waals surface area contributed by atoms with Crippen LogP contribution in [0.5, 0.6) is 0 Å². The van der Waals surface area contributed by atoms with Crippen LogP contribution in [-0.4, -0.2) is 41.9 Å². The second-order valence-corrected chi connectivity index (χ2v) is 8.84. The number of amides is 2. The fraction of sp³-hybridized carbons (Fsp3) is 0.440. The molecule has 32 heavy (non-hydrogen) atoms. The Morgan fingerprint density at radius 2 is 1.91 bits per heavy atom. The van der Waals surface area contributed by atoms with Gasteiger partial charge in [-0.1, -0.05) is 38.1 Å². The van der Waals surface area contributed by atoms with Crippen LogP contribution in [0.25, 0.3) is 11.1 Å². The van der Waals surface area contributed by atoms with Gasteiger partial charge in [-0.05, 0) is 60.6 Å². The molecule has 0 aromatic heterocycles. The number of hydrogen-bond acceptors (Lipinski definition) is 4. The van der Waals surface area contributed by atoms with Crippen molar-refractivity contribution in [3.63, 3.8) is 0 Å². The number of hydrazine groups is 1. The Hall–Kier alpha value is -2.77. The van der Waals surface area contributed by atoms with Crippen molar-refractivity contribution in [3.8, 4) is 11.1 Å². The summed E-state index contributed by atoms with van der Waals surface area (Å²) in [7, 11) is 0. The molecule has 2 fully saturated rings. The molecule has 4 atom stereocenters. The third kappa shape index (κ3) is 4.84. The van der Waals surface area contributed by atoms with E-state index in [-0.39, 0.29) is 41.6 Å². The fourth-order valence-corrected chi connectivity index (χ4v) is 4.70.